The lowest BCUT2D eigenvalue weighted by Crippen LogP contribution is -2.55. The van der Waals surface area contributed by atoms with Crippen molar-refractivity contribution in [3.05, 3.63) is 64.9 Å². The molecule has 0 aliphatic carbocycles. The summed E-state index contributed by atoms with van der Waals surface area (Å²) in [7, 11) is 0. The number of anilines is 1. The van der Waals surface area contributed by atoms with Crippen molar-refractivity contribution in [2.24, 2.45) is 0 Å². The molecule has 3 aromatic heterocycles. The van der Waals surface area contributed by atoms with Crippen LogP contribution in [0.5, 0.6) is 5.88 Å². The number of halogens is 3. The number of carbonyl (C=O) groups is 1. The van der Waals surface area contributed by atoms with Crippen molar-refractivity contribution in [1.29, 1.82) is 0 Å². The van der Waals surface area contributed by atoms with E-state index in [2.05, 4.69) is 25.4 Å². The Kier molecular flexibility index (Phi) is 6.48. The van der Waals surface area contributed by atoms with Gasteiger partial charge in [0.25, 0.3) is 5.91 Å². The van der Waals surface area contributed by atoms with E-state index in [0.29, 0.717) is 39.9 Å². The smallest absolute Gasteiger partial charge is 0.268 e. The van der Waals surface area contributed by atoms with E-state index in [1.165, 1.54) is 29.3 Å². The number of para-hydroxylation sites is 1. The number of amides is 1. The number of hydrogen-bond donors (Lipinski definition) is 2. The third-order valence-electron chi connectivity index (χ3n) is 5.37. The quantitative estimate of drug-likeness (QED) is 0.384. The minimum Gasteiger partial charge on any atom is -0.462 e. The molecule has 4 aromatic rings. The van der Waals surface area contributed by atoms with E-state index in [0.717, 1.165) is 6.20 Å². The van der Waals surface area contributed by atoms with Crippen LogP contribution in [0.15, 0.2) is 49.1 Å². The Labute approximate surface area is 208 Å². The Morgan fingerprint density at radius 2 is 1.94 bits per heavy atom. The molecule has 10 nitrogen and oxygen atoms in total. The molecule has 2 N–H and O–H groups in total. The van der Waals surface area contributed by atoms with E-state index < -0.39 is 23.9 Å². The fraction of sp³-hybridized carbons (Fsp3) is 0.227. The zero-order valence-corrected chi connectivity index (χ0v) is 19.5. The van der Waals surface area contributed by atoms with Crippen molar-refractivity contribution in [1.82, 2.24) is 29.6 Å². The number of aliphatic hydroxyl groups excluding tert-OH is 1. The van der Waals surface area contributed by atoms with Crippen LogP contribution in [-0.2, 0) is 4.79 Å². The molecule has 1 aliphatic heterocycles. The zero-order chi connectivity index (χ0) is 24.5. The molecule has 0 saturated carbocycles. The second-order valence-electron chi connectivity index (χ2n) is 7.87. The highest BCUT2D eigenvalue weighted by molar-refractivity contribution is 6.37. The Hall–Kier alpha value is -3.38. The third-order valence-corrected chi connectivity index (χ3v) is 5.98. The molecule has 1 amide bonds. The summed E-state index contributed by atoms with van der Waals surface area (Å²) in [6.45, 7) is 0.994. The lowest BCUT2D eigenvalue weighted by atomic mass is 10.1. The molecule has 1 aliphatic rings. The van der Waals surface area contributed by atoms with Crippen molar-refractivity contribution in [3.8, 4) is 11.6 Å². The first-order valence-electron chi connectivity index (χ1n) is 10.5. The van der Waals surface area contributed by atoms with Crippen LogP contribution < -0.4 is 10.1 Å². The Balaban J connectivity index is 1.45. The molecular formula is C22H18Cl2FN7O3. The van der Waals surface area contributed by atoms with Crippen LogP contribution in [0, 0.1) is 5.82 Å². The third kappa shape index (κ3) is 4.89. The van der Waals surface area contributed by atoms with Gasteiger partial charge >= 0.3 is 0 Å². The van der Waals surface area contributed by atoms with Crippen molar-refractivity contribution in [2.45, 2.75) is 12.2 Å². The highest BCUT2D eigenvalue weighted by Gasteiger charge is 2.32. The molecule has 1 fully saturated rings. The molecule has 1 atom stereocenters. The highest BCUT2D eigenvalue weighted by Crippen LogP contribution is 2.32. The summed E-state index contributed by atoms with van der Waals surface area (Å²) in [6.07, 6.45) is 2.29. The van der Waals surface area contributed by atoms with Gasteiger partial charge in [0.15, 0.2) is 11.8 Å². The van der Waals surface area contributed by atoms with E-state index in [9.17, 15) is 14.3 Å². The minimum atomic E-state index is -1.03. The predicted octanol–water partition coefficient (Wildman–Crippen LogP) is 2.72. The second kappa shape index (κ2) is 9.70. The van der Waals surface area contributed by atoms with Crippen LogP contribution in [0.25, 0.3) is 16.7 Å². The van der Waals surface area contributed by atoms with E-state index in [1.54, 1.807) is 18.2 Å². The van der Waals surface area contributed by atoms with Gasteiger partial charge in [-0.25, -0.2) is 24.0 Å². The van der Waals surface area contributed by atoms with Gasteiger partial charge in [0.2, 0.25) is 5.88 Å². The van der Waals surface area contributed by atoms with Gasteiger partial charge in [-0.15, -0.1) is 0 Å². The zero-order valence-electron chi connectivity index (χ0n) is 18.0. The number of ether oxygens (including phenoxy) is 1. The van der Waals surface area contributed by atoms with Crippen molar-refractivity contribution in [3.63, 3.8) is 0 Å². The number of likely N-dealkylation sites (tertiary alicyclic amines) is 1. The van der Waals surface area contributed by atoms with E-state index in [-0.39, 0.29) is 18.2 Å². The maximum absolute atomic E-state index is 13.2. The van der Waals surface area contributed by atoms with E-state index >= 15 is 0 Å². The number of benzene rings is 1. The lowest BCUT2D eigenvalue weighted by Gasteiger charge is -2.37. The maximum atomic E-state index is 13.2. The molecule has 13 heteroatoms. The van der Waals surface area contributed by atoms with Gasteiger partial charge in [0.1, 0.15) is 29.0 Å². The molecule has 180 valence electrons. The molecule has 5 rings (SSSR count). The Morgan fingerprint density at radius 1 is 1.17 bits per heavy atom. The average molecular weight is 518 g/mol. The number of aliphatic hydroxyl groups is 1. The number of rotatable bonds is 7. The first kappa shape index (κ1) is 23.4. The molecule has 0 bridgehead atoms. The minimum absolute atomic E-state index is 0.123. The summed E-state index contributed by atoms with van der Waals surface area (Å²) in [6, 6.07) is 7.61. The van der Waals surface area contributed by atoms with Gasteiger partial charge < -0.3 is 15.2 Å². The molecular weight excluding hydrogens is 500 g/mol. The number of hydrogen-bond acceptors (Lipinski definition) is 8. The standard InChI is InChI=1S/C22H18Cl2FN7O3/c23-15-2-1-3-16(24)19(15)32-20-14(7-29-32)22(28-11-27-20)35-17(10-31-8-13(33)9-31)21(34)30-18-5-4-12(25)6-26-18/h1-7,11,13,17,33H,8-10H2,(H,26,30,34)/t17-/m0/s1. The van der Waals surface area contributed by atoms with Gasteiger partial charge in [0.05, 0.1) is 28.5 Å². The van der Waals surface area contributed by atoms with Gasteiger partial charge in [0, 0.05) is 19.6 Å². The number of nitrogens with zero attached hydrogens (tertiary/aromatic N) is 6. The summed E-state index contributed by atoms with van der Waals surface area (Å²) < 4.78 is 20.7. The lowest BCUT2D eigenvalue weighted by molar-refractivity contribution is -0.125. The van der Waals surface area contributed by atoms with E-state index in [4.69, 9.17) is 27.9 Å². The predicted molar refractivity (Wildman–Crippen MR) is 126 cm³/mol. The number of nitrogens with one attached hydrogen (secondary N) is 1. The number of pyridine rings is 1. The summed E-state index contributed by atoms with van der Waals surface area (Å²) in [4.78, 5) is 27.3. The molecule has 4 heterocycles. The molecule has 0 spiro atoms. The van der Waals surface area contributed by atoms with Crippen molar-refractivity contribution >= 4 is 46.0 Å². The van der Waals surface area contributed by atoms with Crippen LogP contribution in [0.1, 0.15) is 0 Å². The average Bonchev–Trinajstić information content (AvgIpc) is 3.23. The number of aromatic nitrogens is 5. The molecule has 0 radical (unpaired) electrons. The largest absolute Gasteiger partial charge is 0.462 e. The van der Waals surface area contributed by atoms with Crippen molar-refractivity contribution in [2.75, 3.05) is 25.0 Å². The summed E-state index contributed by atoms with van der Waals surface area (Å²) >= 11 is 12.7. The topological polar surface area (TPSA) is 118 Å². The van der Waals surface area contributed by atoms with Gasteiger partial charge in [-0.2, -0.15) is 5.10 Å². The number of β-amino-alcohol motifs (C(OH)–C–C–N with tert-alkyl or cyclic N) is 1. The van der Waals surface area contributed by atoms with Gasteiger partial charge in [-0.3, -0.25) is 9.69 Å². The monoisotopic (exact) mass is 517 g/mol. The van der Waals surface area contributed by atoms with Crippen molar-refractivity contribution < 1.29 is 19.0 Å². The molecule has 1 aromatic carbocycles. The van der Waals surface area contributed by atoms with Crippen LogP contribution >= 0.6 is 23.2 Å². The number of fused-ring (bicyclic) bond motifs is 1. The highest BCUT2D eigenvalue weighted by atomic mass is 35.5. The Morgan fingerprint density at radius 3 is 2.63 bits per heavy atom. The second-order valence-corrected chi connectivity index (χ2v) is 8.69. The van der Waals surface area contributed by atoms with Crippen LogP contribution in [0.3, 0.4) is 0 Å². The van der Waals surface area contributed by atoms with E-state index in [1.807, 2.05) is 4.90 Å². The first-order valence-corrected chi connectivity index (χ1v) is 11.3. The SMILES string of the molecule is O=C(Nc1ccc(F)cn1)[C@H](CN1CC(O)C1)Oc1ncnc2c1cnn2-c1c(Cl)cccc1Cl. The summed E-state index contributed by atoms with van der Waals surface area (Å²) in [5, 5.41) is 17.8. The number of carbonyl (C=O) groups excluding carboxylic acids is 1. The Bertz CT molecular complexity index is 1360. The van der Waals surface area contributed by atoms with Crippen LogP contribution in [-0.4, -0.2) is 72.5 Å². The van der Waals surface area contributed by atoms with Crippen LogP contribution in [0.4, 0.5) is 10.2 Å². The summed E-state index contributed by atoms with van der Waals surface area (Å²) in [5.74, 6) is -0.747. The molecule has 0 unspecified atom stereocenters. The normalized spacial score (nSPS) is 15.1. The maximum Gasteiger partial charge on any atom is 0.268 e. The van der Waals surface area contributed by atoms with Gasteiger partial charge in [-0.1, -0.05) is 29.3 Å². The molecule has 1 saturated heterocycles. The van der Waals surface area contributed by atoms with Gasteiger partial charge in [-0.05, 0) is 24.3 Å². The fourth-order valence-electron chi connectivity index (χ4n) is 3.66. The fourth-order valence-corrected chi connectivity index (χ4v) is 4.22. The van der Waals surface area contributed by atoms with Crippen LogP contribution in [0.2, 0.25) is 10.0 Å². The molecule has 35 heavy (non-hydrogen) atoms. The summed E-state index contributed by atoms with van der Waals surface area (Å²) in [5.41, 5.74) is 0.824. The first-order chi connectivity index (χ1) is 16.9.